The Labute approximate surface area is 276 Å². The molecule has 3 aromatic rings. The van der Waals surface area contributed by atoms with E-state index in [4.69, 9.17) is 9.47 Å². The Morgan fingerprint density at radius 2 is 1.59 bits per heavy atom. The molecule has 0 unspecified atom stereocenters. The van der Waals surface area contributed by atoms with Gasteiger partial charge < -0.3 is 29.7 Å². The van der Waals surface area contributed by atoms with E-state index in [1.807, 2.05) is 53.9 Å². The first-order valence-corrected chi connectivity index (χ1v) is 14.8. The minimum Gasteiger partial charge on any atom is -0.665 e. The largest absolute Gasteiger partial charge is 0.665 e. The van der Waals surface area contributed by atoms with Crippen LogP contribution in [0.5, 0.6) is 11.5 Å². The van der Waals surface area contributed by atoms with Crippen molar-refractivity contribution in [3.8, 4) is 28.4 Å². The maximum Gasteiger partial charge on any atom is 0.356 e. The number of benzene rings is 2. The number of hydrogen-bond donors (Lipinski definition) is 1. The van der Waals surface area contributed by atoms with Crippen molar-refractivity contribution in [1.29, 1.82) is 0 Å². The molecule has 1 heterocycles. The number of rotatable bonds is 15. The molecular weight excluding hydrogens is 653 g/mol. The Bertz CT molecular complexity index is 1320. The Hall–Kier alpha value is -3.23. The number of carboxylic acid groups (broad SMARTS) is 1. The van der Waals surface area contributed by atoms with Crippen LogP contribution < -0.4 is 9.47 Å². The number of nitrogens with zero attached hydrogens (tertiary/aromatic N) is 5. The Kier molecular flexibility index (Phi) is 16.9. The second-order valence-electron chi connectivity index (χ2n) is 10.4. The maximum atomic E-state index is 13.4. The summed E-state index contributed by atoms with van der Waals surface area (Å²) in [6.07, 6.45) is 1.90. The van der Waals surface area contributed by atoms with Crippen LogP contribution in [0.4, 0.5) is 0 Å². The topological polar surface area (TPSA) is 111 Å². The third-order valence-electron chi connectivity index (χ3n) is 7.04. The summed E-state index contributed by atoms with van der Waals surface area (Å²) >= 11 is 0. The van der Waals surface area contributed by atoms with Gasteiger partial charge in [0.15, 0.2) is 5.69 Å². The van der Waals surface area contributed by atoms with Crippen LogP contribution in [0.1, 0.15) is 72.9 Å². The van der Waals surface area contributed by atoms with E-state index in [0.29, 0.717) is 40.6 Å². The van der Waals surface area contributed by atoms with Crippen molar-refractivity contribution in [3.63, 3.8) is 0 Å². The standard InChI is InChI=1S/C31H42N5O5.C2H6.Pd/c1-21(2)23-19-22(30(37)35(5)18-10-17-34(4)16-9-15-32-3)13-14-25(23)36-26(20-24(33-36)31(38)39)29-27(40-6)11-8-12-28(29)41-7;1-2;/h8,11-14,19-21H,9-10,15-18H2,1-7H3,(H,38,39);1-2H3;/q-1;;. The minimum atomic E-state index is -1.15. The third kappa shape index (κ3) is 9.89. The maximum absolute atomic E-state index is 13.4. The first-order valence-electron chi connectivity index (χ1n) is 14.8. The van der Waals surface area contributed by atoms with E-state index in [2.05, 4.69) is 22.4 Å². The van der Waals surface area contributed by atoms with Gasteiger partial charge in [-0.2, -0.15) is 12.1 Å². The first kappa shape index (κ1) is 38.8. The second-order valence-corrected chi connectivity index (χ2v) is 10.4. The zero-order valence-electron chi connectivity index (χ0n) is 27.5. The molecule has 1 N–H and O–H groups in total. The van der Waals surface area contributed by atoms with Gasteiger partial charge in [0.2, 0.25) is 0 Å². The second kappa shape index (κ2) is 19.2. The summed E-state index contributed by atoms with van der Waals surface area (Å²) in [7, 11) is 8.84. The normalized spacial score (nSPS) is 10.6. The fourth-order valence-corrected chi connectivity index (χ4v) is 4.80. The predicted molar refractivity (Wildman–Crippen MR) is 172 cm³/mol. The van der Waals surface area contributed by atoms with Crippen LogP contribution in [-0.2, 0) is 20.4 Å². The summed E-state index contributed by atoms with van der Waals surface area (Å²) in [5.41, 5.74) is 3.08. The molecule has 3 rings (SSSR count). The van der Waals surface area contributed by atoms with E-state index in [0.717, 1.165) is 38.0 Å². The fourth-order valence-electron chi connectivity index (χ4n) is 4.80. The molecule has 246 valence electrons. The summed E-state index contributed by atoms with van der Waals surface area (Å²) in [6, 6.07) is 12.4. The summed E-state index contributed by atoms with van der Waals surface area (Å²) in [5.74, 6) is -0.147. The predicted octanol–water partition coefficient (Wildman–Crippen LogP) is 6.19. The summed E-state index contributed by atoms with van der Waals surface area (Å²) in [6.45, 7) is 11.4. The number of carboxylic acids is 1. The quantitative estimate of drug-likeness (QED) is 0.149. The van der Waals surface area contributed by atoms with Gasteiger partial charge in [-0.15, -0.1) is 6.54 Å². The van der Waals surface area contributed by atoms with Crippen LogP contribution in [-0.4, -0.2) is 98.1 Å². The van der Waals surface area contributed by atoms with E-state index in [1.54, 1.807) is 48.1 Å². The van der Waals surface area contributed by atoms with Gasteiger partial charge in [-0.25, -0.2) is 9.48 Å². The number of carbonyl (C=O) groups is 2. The van der Waals surface area contributed by atoms with Gasteiger partial charge in [0.05, 0.1) is 31.2 Å². The van der Waals surface area contributed by atoms with Crippen molar-refractivity contribution in [1.82, 2.24) is 19.6 Å². The Morgan fingerprint density at radius 3 is 2.14 bits per heavy atom. The molecule has 0 aliphatic rings. The first-order chi connectivity index (χ1) is 20.6. The van der Waals surface area contributed by atoms with Crippen LogP contribution in [0.2, 0.25) is 0 Å². The van der Waals surface area contributed by atoms with Crippen molar-refractivity contribution < 1.29 is 44.6 Å². The van der Waals surface area contributed by atoms with E-state index in [9.17, 15) is 14.7 Å². The molecule has 10 nitrogen and oxygen atoms in total. The zero-order chi connectivity index (χ0) is 32.1. The monoisotopic (exact) mass is 700 g/mol. The van der Waals surface area contributed by atoms with Crippen LogP contribution in [0, 0.1) is 0 Å². The summed E-state index contributed by atoms with van der Waals surface area (Å²) in [4.78, 5) is 29.4. The molecule has 0 spiro atoms. The van der Waals surface area contributed by atoms with Gasteiger partial charge in [0.25, 0.3) is 5.91 Å². The Morgan fingerprint density at radius 1 is 0.977 bits per heavy atom. The SMILES string of the molecule is CC.C[N-]CCCN(C)CCCN(C)C(=O)c1ccc(-n2nc(C(=O)O)cc2-c2c(OC)cccc2OC)c(C(C)C)c1.[Pd]. The van der Waals surface area contributed by atoms with Gasteiger partial charge in [-0.1, -0.05) is 40.2 Å². The average Bonchev–Trinajstić information content (AvgIpc) is 3.46. The molecule has 2 aromatic carbocycles. The average molecular weight is 701 g/mol. The molecule has 0 aliphatic heterocycles. The molecule has 0 saturated carbocycles. The number of aromatic carboxylic acids is 1. The summed E-state index contributed by atoms with van der Waals surface area (Å²) < 4.78 is 12.8. The van der Waals surface area contributed by atoms with Crippen LogP contribution in [0.3, 0.4) is 0 Å². The number of methoxy groups -OCH3 is 2. The molecule has 1 amide bonds. The van der Waals surface area contributed by atoms with Gasteiger partial charge in [-0.05, 0) is 74.4 Å². The molecule has 0 atom stereocenters. The van der Waals surface area contributed by atoms with Crippen molar-refractivity contribution in [2.75, 3.05) is 61.5 Å². The Balaban J connectivity index is 0.00000316. The number of hydrogen-bond acceptors (Lipinski definition) is 6. The zero-order valence-corrected chi connectivity index (χ0v) is 29.0. The van der Waals surface area contributed by atoms with Gasteiger partial charge in [0.1, 0.15) is 11.5 Å². The van der Waals surface area contributed by atoms with Crippen molar-refractivity contribution >= 4 is 11.9 Å². The molecule has 0 saturated heterocycles. The van der Waals surface area contributed by atoms with Crippen molar-refractivity contribution in [3.05, 3.63) is 64.6 Å². The van der Waals surface area contributed by atoms with Crippen molar-refractivity contribution in [2.45, 2.75) is 46.5 Å². The van der Waals surface area contributed by atoms with E-state index < -0.39 is 5.97 Å². The number of aromatic nitrogens is 2. The van der Waals surface area contributed by atoms with Crippen LogP contribution >= 0.6 is 0 Å². The molecule has 0 radical (unpaired) electrons. The number of amides is 1. The summed E-state index contributed by atoms with van der Waals surface area (Å²) in [5, 5.41) is 18.4. The van der Waals surface area contributed by atoms with E-state index in [-0.39, 0.29) is 37.9 Å². The van der Waals surface area contributed by atoms with E-state index >= 15 is 0 Å². The fraction of sp³-hybridized carbons (Fsp3) is 0.485. The minimum absolute atomic E-state index is 0. The van der Waals surface area contributed by atoms with E-state index in [1.165, 1.54) is 6.07 Å². The molecule has 1 aromatic heterocycles. The number of carbonyl (C=O) groups excluding carboxylic acids is 1. The third-order valence-corrected chi connectivity index (χ3v) is 7.04. The van der Waals surface area contributed by atoms with Gasteiger partial charge >= 0.3 is 5.97 Å². The molecule has 44 heavy (non-hydrogen) atoms. The molecular formula is C33H48N5O5Pd-. The van der Waals surface area contributed by atoms with Crippen molar-refractivity contribution in [2.24, 2.45) is 0 Å². The van der Waals surface area contributed by atoms with Crippen LogP contribution in [0.25, 0.3) is 22.3 Å². The molecule has 0 aliphatic carbocycles. The van der Waals surface area contributed by atoms with Gasteiger partial charge in [0, 0.05) is 39.6 Å². The molecule has 0 bridgehead atoms. The smallest absolute Gasteiger partial charge is 0.356 e. The number of ether oxygens (including phenoxy) is 2. The molecule has 11 heteroatoms. The van der Waals surface area contributed by atoms with Gasteiger partial charge in [-0.3, -0.25) is 4.79 Å². The van der Waals surface area contributed by atoms with Crippen LogP contribution in [0.15, 0.2) is 42.5 Å². The molecule has 0 fully saturated rings.